The number of anilines is 1. The van der Waals surface area contributed by atoms with E-state index in [1.165, 1.54) is 24.3 Å². The van der Waals surface area contributed by atoms with E-state index in [-0.39, 0.29) is 6.42 Å². The standard InChI is InChI=1S/C16H16FN3O3/c17-12-6-8-13(9-7-12)18-16(23)20-19-14(15(21)22)10-11-4-2-1-3-5-11/h1-9,14,19H,10H2,(H,21,22)(H2,18,20,23). The number of carbonyl (C=O) groups is 2. The number of hydrazine groups is 1. The summed E-state index contributed by atoms with van der Waals surface area (Å²) >= 11 is 0. The third-order valence-corrected chi connectivity index (χ3v) is 3.04. The van der Waals surface area contributed by atoms with Crippen molar-refractivity contribution in [2.45, 2.75) is 12.5 Å². The summed E-state index contributed by atoms with van der Waals surface area (Å²) in [6.45, 7) is 0. The van der Waals surface area contributed by atoms with Crippen LogP contribution in [0.5, 0.6) is 0 Å². The highest BCUT2D eigenvalue weighted by molar-refractivity contribution is 5.89. The Bertz CT molecular complexity index is 662. The molecule has 2 rings (SSSR count). The fourth-order valence-electron chi connectivity index (χ4n) is 1.90. The van der Waals surface area contributed by atoms with Crippen molar-refractivity contribution in [2.75, 3.05) is 5.32 Å². The van der Waals surface area contributed by atoms with Crippen LogP contribution >= 0.6 is 0 Å². The quantitative estimate of drug-likeness (QED) is 0.615. The number of hydrogen-bond donors (Lipinski definition) is 4. The molecule has 0 heterocycles. The summed E-state index contributed by atoms with van der Waals surface area (Å²) in [5.41, 5.74) is 5.95. The molecule has 0 radical (unpaired) electrons. The molecule has 7 heteroatoms. The van der Waals surface area contributed by atoms with Crippen LogP contribution in [0.2, 0.25) is 0 Å². The largest absolute Gasteiger partial charge is 0.480 e. The maximum Gasteiger partial charge on any atom is 0.333 e. The van der Waals surface area contributed by atoms with Gasteiger partial charge in [-0.2, -0.15) is 0 Å². The zero-order valence-corrected chi connectivity index (χ0v) is 12.1. The second-order valence-corrected chi connectivity index (χ2v) is 4.81. The molecule has 0 fully saturated rings. The van der Waals surface area contributed by atoms with E-state index in [0.717, 1.165) is 5.56 Å². The topological polar surface area (TPSA) is 90.5 Å². The van der Waals surface area contributed by atoms with Crippen LogP contribution in [-0.4, -0.2) is 23.1 Å². The highest BCUT2D eigenvalue weighted by atomic mass is 19.1. The van der Waals surface area contributed by atoms with Crippen molar-refractivity contribution in [3.05, 3.63) is 66.0 Å². The number of nitrogens with one attached hydrogen (secondary N) is 3. The molecule has 120 valence electrons. The van der Waals surface area contributed by atoms with Gasteiger partial charge >= 0.3 is 12.0 Å². The zero-order valence-electron chi connectivity index (χ0n) is 12.1. The van der Waals surface area contributed by atoms with E-state index in [0.29, 0.717) is 5.69 Å². The van der Waals surface area contributed by atoms with Crippen molar-refractivity contribution in [3.8, 4) is 0 Å². The molecule has 6 nitrogen and oxygen atoms in total. The maximum absolute atomic E-state index is 12.8. The highest BCUT2D eigenvalue weighted by Crippen LogP contribution is 2.07. The monoisotopic (exact) mass is 317 g/mol. The molecule has 1 unspecified atom stereocenters. The van der Waals surface area contributed by atoms with Crippen molar-refractivity contribution in [1.82, 2.24) is 10.9 Å². The first-order valence-electron chi connectivity index (χ1n) is 6.89. The van der Waals surface area contributed by atoms with Gasteiger partial charge in [0, 0.05) is 12.1 Å². The van der Waals surface area contributed by atoms with Crippen molar-refractivity contribution >= 4 is 17.7 Å². The summed E-state index contributed by atoms with van der Waals surface area (Å²) in [7, 11) is 0. The van der Waals surface area contributed by atoms with Crippen molar-refractivity contribution in [2.24, 2.45) is 0 Å². The van der Waals surface area contributed by atoms with Gasteiger partial charge in [-0.25, -0.2) is 14.6 Å². The zero-order chi connectivity index (χ0) is 16.7. The number of carboxylic acids is 1. The van der Waals surface area contributed by atoms with E-state index < -0.39 is 23.9 Å². The Kier molecular flexibility index (Phi) is 5.65. The van der Waals surface area contributed by atoms with Gasteiger partial charge in [0.1, 0.15) is 11.9 Å². The summed E-state index contributed by atoms with van der Waals surface area (Å²) in [4.78, 5) is 22.9. The fourth-order valence-corrected chi connectivity index (χ4v) is 1.90. The van der Waals surface area contributed by atoms with Crippen LogP contribution in [0.25, 0.3) is 0 Å². The lowest BCUT2D eigenvalue weighted by Crippen LogP contribution is -2.50. The second-order valence-electron chi connectivity index (χ2n) is 4.81. The minimum atomic E-state index is -1.09. The van der Waals surface area contributed by atoms with Crippen LogP contribution in [0.1, 0.15) is 5.56 Å². The lowest BCUT2D eigenvalue weighted by Gasteiger charge is -2.16. The van der Waals surface area contributed by atoms with Gasteiger partial charge in [0.25, 0.3) is 0 Å². The van der Waals surface area contributed by atoms with Gasteiger partial charge in [0.2, 0.25) is 0 Å². The third-order valence-electron chi connectivity index (χ3n) is 3.04. The Morgan fingerprint density at radius 1 is 1.04 bits per heavy atom. The number of urea groups is 1. The van der Waals surface area contributed by atoms with Crippen LogP contribution in [0.4, 0.5) is 14.9 Å². The molecular formula is C16H16FN3O3. The van der Waals surface area contributed by atoms with Gasteiger partial charge in [-0.05, 0) is 29.8 Å². The van der Waals surface area contributed by atoms with E-state index in [1.54, 1.807) is 12.1 Å². The minimum absolute atomic E-state index is 0.215. The second kappa shape index (κ2) is 7.90. The molecule has 2 aromatic rings. The molecule has 1 atom stereocenters. The molecule has 2 amide bonds. The Hall–Kier alpha value is -2.93. The molecule has 2 aromatic carbocycles. The smallest absolute Gasteiger partial charge is 0.333 e. The lowest BCUT2D eigenvalue weighted by atomic mass is 10.1. The molecule has 0 spiro atoms. The number of rotatable bonds is 6. The van der Waals surface area contributed by atoms with Crippen molar-refractivity contribution in [3.63, 3.8) is 0 Å². The molecule has 0 aliphatic rings. The fraction of sp³-hybridized carbons (Fsp3) is 0.125. The van der Waals surface area contributed by atoms with Crippen LogP contribution in [0.15, 0.2) is 54.6 Å². The van der Waals surface area contributed by atoms with Gasteiger partial charge in [-0.15, -0.1) is 0 Å². The van der Waals surface area contributed by atoms with Gasteiger partial charge in [0.05, 0.1) is 0 Å². The van der Waals surface area contributed by atoms with E-state index >= 15 is 0 Å². The lowest BCUT2D eigenvalue weighted by molar-refractivity contribution is -0.139. The van der Waals surface area contributed by atoms with Crippen LogP contribution in [0.3, 0.4) is 0 Å². The van der Waals surface area contributed by atoms with Gasteiger partial charge in [0.15, 0.2) is 0 Å². The van der Waals surface area contributed by atoms with Crippen LogP contribution in [-0.2, 0) is 11.2 Å². The molecule has 0 bridgehead atoms. The van der Waals surface area contributed by atoms with Gasteiger partial charge in [-0.3, -0.25) is 10.2 Å². The summed E-state index contributed by atoms with van der Waals surface area (Å²) in [6, 6.07) is 12.6. The maximum atomic E-state index is 12.8. The van der Waals surface area contributed by atoms with Crippen LogP contribution in [0, 0.1) is 5.82 Å². The minimum Gasteiger partial charge on any atom is -0.480 e. The third kappa shape index (κ3) is 5.40. The van der Waals surface area contributed by atoms with Gasteiger partial charge < -0.3 is 10.4 Å². The van der Waals surface area contributed by atoms with Gasteiger partial charge in [-0.1, -0.05) is 30.3 Å². The van der Waals surface area contributed by atoms with E-state index in [2.05, 4.69) is 16.2 Å². The summed E-state index contributed by atoms with van der Waals surface area (Å²) in [6.07, 6.45) is 0.215. The average Bonchev–Trinajstić information content (AvgIpc) is 2.54. The Balaban J connectivity index is 1.87. The molecule has 0 aromatic heterocycles. The first-order chi connectivity index (χ1) is 11.0. The molecule has 0 aliphatic heterocycles. The molecule has 4 N–H and O–H groups in total. The summed E-state index contributed by atoms with van der Waals surface area (Å²) in [5, 5.41) is 11.6. The first-order valence-corrected chi connectivity index (χ1v) is 6.89. The molecule has 0 saturated carbocycles. The summed E-state index contributed by atoms with van der Waals surface area (Å²) in [5.74, 6) is -1.50. The SMILES string of the molecule is O=C(NNC(Cc1ccccc1)C(=O)O)Nc1ccc(F)cc1. The predicted octanol–water partition coefficient (Wildman–Crippen LogP) is 2.15. The Morgan fingerprint density at radius 3 is 2.30 bits per heavy atom. The first kappa shape index (κ1) is 16.4. The number of benzene rings is 2. The number of amides is 2. The number of carboxylic acid groups (broad SMARTS) is 1. The highest BCUT2D eigenvalue weighted by Gasteiger charge is 2.18. The van der Waals surface area contributed by atoms with Crippen molar-refractivity contribution < 1.29 is 19.1 Å². The molecule has 23 heavy (non-hydrogen) atoms. The number of carbonyl (C=O) groups excluding carboxylic acids is 1. The number of halogens is 1. The van der Waals surface area contributed by atoms with Crippen LogP contribution < -0.4 is 16.2 Å². The van der Waals surface area contributed by atoms with E-state index in [4.69, 9.17) is 0 Å². The predicted molar refractivity (Wildman–Crippen MR) is 83.3 cm³/mol. The van der Waals surface area contributed by atoms with Crippen molar-refractivity contribution in [1.29, 1.82) is 0 Å². The normalized spacial score (nSPS) is 11.5. The molecular weight excluding hydrogens is 301 g/mol. The van der Waals surface area contributed by atoms with E-state index in [9.17, 15) is 19.1 Å². The summed E-state index contributed by atoms with van der Waals surface area (Å²) < 4.78 is 12.8. The average molecular weight is 317 g/mol. The number of hydrogen-bond acceptors (Lipinski definition) is 3. The molecule has 0 saturated heterocycles. The Morgan fingerprint density at radius 2 is 1.70 bits per heavy atom. The van der Waals surface area contributed by atoms with E-state index in [1.807, 2.05) is 18.2 Å². The Labute approximate surface area is 132 Å². The number of aliphatic carboxylic acids is 1. The molecule has 0 aliphatic carbocycles.